The molecule has 0 aromatic heterocycles. The number of anilines is 1. The SMILES string of the molecule is Cc1cc(S(=O)(=O)N2CCC(CO)C2)ccc1N. The highest BCUT2D eigenvalue weighted by Gasteiger charge is 2.32. The van der Waals surface area contributed by atoms with Crippen LogP contribution >= 0.6 is 0 Å². The Kier molecular flexibility index (Phi) is 3.61. The van der Waals surface area contributed by atoms with Gasteiger partial charge in [-0.3, -0.25) is 0 Å². The highest BCUT2D eigenvalue weighted by molar-refractivity contribution is 7.89. The monoisotopic (exact) mass is 270 g/mol. The predicted octanol–water partition coefficient (Wildman–Crippen LogP) is 0.580. The van der Waals surface area contributed by atoms with Crippen LogP contribution in [-0.2, 0) is 10.0 Å². The number of aryl methyl sites for hydroxylation is 1. The van der Waals surface area contributed by atoms with E-state index in [1.165, 1.54) is 10.4 Å². The van der Waals surface area contributed by atoms with Crippen LogP contribution in [0.2, 0.25) is 0 Å². The van der Waals surface area contributed by atoms with Gasteiger partial charge in [0.05, 0.1) is 4.90 Å². The van der Waals surface area contributed by atoms with E-state index in [0.29, 0.717) is 25.2 Å². The number of nitrogens with zero attached hydrogens (tertiary/aromatic N) is 1. The van der Waals surface area contributed by atoms with Gasteiger partial charge in [0, 0.05) is 25.4 Å². The molecule has 0 amide bonds. The first-order valence-corrected chi connectivity index (χ1v) is 7.36. The molecule has 1 atom stereocenters. The summed E-state index contributed by atoms with van der Waals surface area (Å²) in [5, 5.41) is 9.06. The van der Waals surface area contributed by atoms with Crippen molar-refractivity contribution < 1.29 is 13.5 Å². The molecule has 1 aromatic rings. The van der Waals surface area contributed by atoms with Gasteiger partial charge in [-0.25, -0.2) is 8.42 Å². The third kappa shape index (κ3) is 2.36. The Balaban J connectivity index is 2.28. The van der Waals surface area contributed by atoms with Crippen LogP contribution in [0.15, 0.2) is 23.1 Å². The van der Waals surface area contributed by atoms with E-state index in [-0.39, 0.29) is 17.4 Å². The number of rotatable bonds is 3. The number of aliphatic hydroxyl groups is 1. The fourth-order valence-corrected chi connectivity index (χ4v) is 3.74. The van der Waals surface area contributed by atoms with Crippen molar-refractivity contribution in [2.24, 2.45) is 5.92 Å². The fourth-order valence-electron chi connectivity index (χ4n) is 2.12. The van der Waals surface area contributed by atoms with Crippen molar-refractivity contribution in [3.8, 4) is 0 Å². The minimum atomic E-state index is -3.45. The van der Waals surface area contributed by atoms with Crippen molar-refractivity contribution in [2.75, 3.05) is 25.4 Å². The molecule has 1 aliphatic heterocycles. The van der Waals surface area contributed by atoms with Crippen LogP contribution in [-0.4, -0.2) is 37.5 Å². The Morgan fingerprint density at radius 3 is 2.78 bits per heavy atom. The molecule has 3 N–H and O–H groups in total. The van der Waals surface area contributed by atoms with Gasteiger partial charge in [0.2, 0.25) is 10.0 Å². The third-order valence-electron chi connectivity index (χ3n) is 3.39. The van der Waals surface area contributed by atoms with Gasteiger partial charge in [-0.1, -0.05) is 0 Å². The van der Waals surface area contributed by atoms with Crippen molar-refractivity contribution in [2.45, 2.75) is 18.2 Å². The van der Waals surface area contributed by atoms with Gasteiger partial charge in [0.25, 0.3) is 0 Å². The van der Waals surface area contributed by atoms with Crippen LogP contribution < -0.4 is 5.73 Å². The van der Waals surface area contributed by atoms with Crippen LogP contribution in [0.3, 0.4) is 0 Å². The second-order valence-corrected chi connectivity index (χ2v) is 6.66. The van der Waals surface area contributed by atoms with E-state index in [9.17, 15) is 8.42 Å². The molecule has 5 nitrogen and oxygen atoms in total. The second kappa shape index (κ2) is 4.87. The van der Waals surface area contributed by atoms with Gasteiger partial charge in [-0.15, -0.1) is 0 Å². The summed E-state index contributed by atoms with van der Waals surface area (Å²) in [6.07, 6.45) is 0.712. The molecule has 0 bridgehead atoms. The number of nitrogen functional groups attached to an aromatic ring is 1. The fraction of sp³-hybridized carbons (Fsp3) is 0.500. The Hall–Kier alpha value is -1.11. The largest absolute Gasteiger partial charge is 0.399 e. The highest BCUT2D eigenvalue weighted by atomic mass is 32.2. The van der Waals surface area contributed by atoms with E-state index >= 15 is 0 Å². The zero-order chi connectivity index (χ0) is 13.3. The van der Waals surface area contributed by atoms with E-state index in [1.807, 2.05) is 0 Å². The topological polar surface area (TPSA) is 83.6 Å². The number of hydrogen-bond donors (Lipinski definition) is 2. The van der Waals surface area contributed by atoms with Gasteiger partial charge >= 0.3 is 0 Å². The lowest BCUT2D eigenvalue weighted by Gasteiger charge is -2.17. The van der Waals surface area contributed by atoms with Gasteiger partial charge in [0.15, 0.2) is 0 Å². The molecule has 1 unspecified atom stereocenters. The lowest BCUT2D eigenvalue weighted by molar-refractivity contribution is 0.233. The minimum absolute atomic E-state index is 0.0345. The molecule has 0 saturated carbocycles. The van der Waals surface area contributed by atoms with Crippen LogP contribution in [0.25, 0.3) is 0 Å². The number of hydrogen-bond acceptors (Lipinski definition) is 4. The molecular formula is C12H18N2O3S. The third-order valence-corrected chi connectivity index (χ3v) is 5.25. The first-order valence-electron chi connectivity index (χ1n) is 5.92. The lowest BCUT2D eigenvalue weighted by Crippen LogP contribution is -2.29. The van der Waals surface area contributed by atoms with E-state index < -0.39 is 10.0 Å². The maximum absolute atomic E-state index is 12.4. The summed E-state index contributed by atoms with van der Waals surface area (Å²) in [6.45, 7) is 2.68. The Bertz CT molecular complexity index is 542. The first-order chi connectivity index (χ1) is 8.45. The zero-order valence-electron chi connectivity index (χ0n) is 10.3. The maximum Gasteiger partial charge on any atom is 0.243 e. The van der Waals surface area contributed by atoms with Crippen LogP contribution in [0.5, 0.6) is 0 Å². The summed E-state index contributed by atoms with van der Waals surface area (Å²) < 4.78 is 26.2. The summed E-state index contributed by atoms with van der Waals surface area (Å²) in [7, 11) is -3.45. The van der Waals surface area contributed by atoms with Crippen molar-refractivity contribution >= 4 is 15.7 Å². The quantitative estimate of drug-likeness (QED) is 0.787. The zero-order valence-corrected chi connectivity index (χ0v) is 11.2. The van der Waals surface area contributed by atoms with E-state index in [0.717, 1.165) is 5.56 Å². The molecular weight excluding hydrogens is 252 g/mol. The smallest absolute Gasteiger partial charge is 0.243 e. The van der Waals surface area contributed by atoms with Crippen molar-refractivity contribution in [3.05, 3.63) is 23.8 Å². The average molecular weight is 270 g/mol. The summed E-state index contributed by atoms with van der Waals surface area (Å²) in [5.41, 5.74) is 7.03. The molecule has 2 rings (SSSR count). The van der Waals surface area contributed by atoms with Crippen LogP contribution in [0.1, 0.15) is 12.0 Å². The van der Waals surface area contributed by atoms with Gasteiger partial charge in [-0.05, 0) is 43.0 Å². The summed E-state index contributed by atoms with van der Waals surface area (Å²) >= 11 is 0. The standard InChI is InChI=1S/C12H18N2O3S/c1-9-6-11(2-3-12(9)13)18(16,17)14-5-4-10(7-14)8-15/h2-3,6,10,15H,4-5,7-8,13H2,1H3. The normalized spacial score (nSPS) is 21.3. The first kappa shape index (κ1) is 13.3. The van der Waals surface area contributed by atoms with Crippen LogP contribution in [0, 0.1) is 12.8 Å². The molecule has 1 heterocycles. The average Bonchev–Trinajstić information content (AvgIpc) is 2.81. The van der Waals surface area contributed by atoms with Gasteiger partial charge in [-0.2, -0.15) is 4.31 Å². The van der Waals surface area contributed by atoms with E-state index in [2.05, 4.69) is 0 Å². The summed E-state index contributed by atoms with van der Waals surface area (Å²) in [5.74, 6) is 0.0506. The highest BCUT2D eigenvalue weighted by Crippen LogP contribution is 2.25. The van der Waals surface area contributed by atoms with Crippen molar-refractivity contribution in [1.29, 1.82) is 0 Å². The molecule has 1 fully saturated rings. The van der Waals surface area contributed by atoms with Crippen molar-refractivity contribution in [3.63, 3.8) is 0 Å². The minimum Gasteiger partial charge on any atom is -0.399 e. The number of sulfonamides is 1. The molecule has 1 aliphatic rings. The Labute approximate surface area is 107 Å². The summed E-state index contributed by atoms with van der Waals surface area (Å²) in [4.78, 5) is 0.271. The lowest BCUT2D eigenvalue weighted by atomic mass is 10.1. The molecule has 18 heavy (non-hydrogen) atoms. The maximum atomic E-state index is 12.4. The molecule has 1 saturated heterocycles. The Morgan fingerprint density at radius 1 is 1.50 bits per heavy atom. The summed E-state index contributed by atoms with van der Waals surface area (Å²) in [6, 6.07) is 4.74. The van der Waals surface area contributed by atoms with Crippen LogP contribution in [0.4, 0.5) is 5.69 Å². The molecule has 6 heteroatoms. The second-order valence-electron chi connectivity index (χ2n) is 4.72. The molecule has 100 valence electrons. The molecule has 0 spiro atoms. The Morgan fingerprint density at radius 2 is 2.22 bits per heavy atom. The molecule has 1 aromatic carbocycles. The van der Waals surface area contributed by atoms with E-state index in [1.54, 1.807) is 19.1 Å². The molecule has 0 aliphatic carbocycles. The molecule has 0 radical (unpaired) electrons. The van der Waals surface area contributed by atoms with Crippen molar-refractivity contribution in [1.82, 2.24) is 4.31 Å². The number of benzene rings is 1. The predicted molar refractivity (Wildman–Crippen MR) is 69.5 cm³/mol. The number of nitrogens with two attached hydrogens (primary N) is 1. The number of aliphatic hydroxyl groups excluding tert-OH is 1. The van der Waals surface area contributed by atoms with Gasteiger partial charge < -0.3 is 10.8 Å². The van der Waals surface area contributed by atoms with Gasteiger partial charge in [0.1, 0.15) is 0 Å². The van der Waals surface area contributed by atoms with E-state index in [4.69, 9.17) is 10.8 Å².